The number of allylic oxidation sites excluding steroid dienone is 4. The van der Waals surface area contributed by atoms with Crippen molar-refractivity contribution < 1.29 is 4.79 Å². The lowest BCUT2D eigenvalue weighted by Gasteiger charge is -2.10. The lowest BCUT2D eigenvalue weighted by Crippen LogP contribution is -2.21. The topological polar surface area (TPSA) is 56.0 Å². The van der Waals surface area contributed by atoms with Crippen LogP contribution < -0.4 is 5.73 Å². The van der Waals surface area contributed by atoms with Gasteiger partial charge in [0.05, 0.1) is 5.92 Å². The Bertz CT molecular complexity index is 435. The largest absolute Gasteiger partial charge is 0.369 e. The third-order valence-corrected chi connectivity index (χ3v) is 2.71. The van der Waals surface area contributed by atoms with E-state index in [1.54, 1.807) is 12.4 Å². The van der Waals surface area contributed by atoms with Gasteiger partial charge in [0.25, 0.3) is 0 Å². The molecule has 0 aliphatic carbocycles. The van der Waals surface area contributed by atoms with Crippen molar-refractivity contribution in [3.05, 3.63) is 53.9 Å². The van der Waals surface area contributed by atoms with Gasteiger partial charge in [-0.05, 0) is 31.4 Å². The Balaban J connectivity index is 2.72. The monoisotopic (exact) mass is 244 g/mol. The molecule has 96 valence electrons. The smallest absolute Gasteiger partial charge is 0.225 e. The summed E-state index contributed by atoms with van der Waals surface area (Å²) in [6.45, 7) is 4.14. The zero-order valence-corrected chi connectivity index (χ0v) is 11.0. The average molecular weight is 244 g/mol. The van der Waals surface area contributed by atoms with Crippen molar-refractivity contribution in [2.45, 2.75) is 32.6 Å². The Morgan fingerprint density at radius 3 is 2.89 bits per heavy atom. The fourth-order valence-corrected chi connectivity index (χ4v) is 1.78. The van der Waals surface area contributed by atoms with E-state index in [1.165, 1.54) is 5.57 Å². The number of nitrogens with zero attached hydrogens (tertiary/aromatic N) is 1. The van der Waals surface area contributed by atoms with Gasteiger partial charge in [0.15, 0.2) is 0 Å². The van der Waals surface area contributed by atoms with E-state index in [-0.39, 0.29) is 11.8 Å². The van der Waals surface area contributed by atoms with Crippen LogP contribution in [0.1, 0.15) is 38.2 Å². The number of carbonyl (C=O) groups excluding carboxylic acids is 1. The molecule has 0 aromatic carbocycles. The molecule has 0 saturated heterocycles. The second-order valence-electron chi connectivity index (χ2n) is 4.24. The zero-order valence-electron chi connectivity index (χ0n) is 11.0. The van der Waals surface area contributed by atoms with Crippen LogP contribution in [0.3, 0.4) is 0 Å². The van der Waals surface area contributed by atoms with Gasteiger partial charge in [0, 0.05) is 12.4 Å². The van der Waals surface area contributed by atoms with Gasteiger partial charge in [-0.2, -0.15) is 0 Å². The first kappa shape index (κ1) is 14.2. The van der Waals surface area contributed by atoms with Crippen LogP contribution in [0.15, 0.2) is 48.3 Å². The molecule has 0 fully saturated rings. The van der Waals surface area contributed by atoms with Gasteiger partial charge >= 0.3 is 0 Å². The SMILES string of the molecule is CC/C=C(C)/C=C/CC(C(N)=O)c1cccnc1. The van der Waals surface area contributed by atoms with Crippen molar-refractivity contribution in [1.82, 2.24) is 4.98 Å². The molecule has 18 heavy (non-hydrogen) atoms. The third-order valence-electron chi connectivity index (χ3n) is 2.71. The lowest BCUT2D eigenvalue weighted by atomic mass is 9.96. The van der Waals surface area contributed by atoms with Gasteiger partial charge < -0.3 is 5.73 Å². The predicted molar refractivity (Wildman–Crippen MR) is 74.0 cm³/mol. The number of primary amides is 1. The van der Waals surface area contributed by atoms with E-state index in [1.807, 2.05) is 31.2 Å². The van der Waals surface area contributed by atoms with E-state index in [0.717, 1.165) is 12.0 Å². The van der Waals surface area contributed by atoms with Crippen molar-refractivity contribution in [2.75, 3.05) is 0 Å². The molecule has 0 bridgehead atoms. The molecule has 1 aromatic rings. The summed E-state index contributed by atoms with van der Waals surface area (Å²) in [4.78, 5) is 15.5. The van der Waals surface area contributed by atoms with Crippen LogP contribution in [0, 0.1) is 0 Å². The first-order valence-corrected chi connectivity index (χ1v) is 6.17. The van der Waals surface area contributed by atoms with E-state index >= 15 is 0 Å². The minimum Gasteiger partial charge on any atom is -0.369 e. The van der Waals surface area contributed by atoms with Crippen LogP contribution >= 0.6 is 0 Å². The van der Waals surface area contributed by atoms with Gasteiger partial charge in [-0.3, -0.25) is 9.78 Å². The summed E-state index contributed by atoms with van der Waals surface area (Å²) in [7, 11) is 0. The Hall–Kier alpha value is -1.90. The van der Waals surface area contributed by atoms with E-state index in [9.17, 15) is 4.79 Å². The minimum absolute atomic E-state index is 0.302. The maximum atomic E-state index is 11.4. The number of nitrogens with two attached hydrogens (primary N) is 1. The van der Waals surface area contributed by atoms with Crippen LogP contribution in [0.25, 0.3) is 0 Å². The summed E-state index contributed by atoms with van der Waals surface area (Å²) < 4.78 is 0. The molecule has 0 spiro atoms. The van der Waals surface area contributed by atoms with Crippen LogP contribution in [-0.2, 0) is 4.79 Å². The second kappa shape index (κ2) is 7.43. The molecular formula is C15H20N2O. The molecule has 1 unspecified atom stereocenters. The van der Waals surface area contributed by atoms with E-state index in [2.05, 4.69) is 18.0 Å². The quantitative estimate of drug-likeness (QED) is 0.782. The molecule has 2 N–H and O–H groups in total. The van der Waals surface area contributed by atoms with Crippen molar-refractivity contribution in [2.24, 2.45) is 5.73 Å². The number of rotatable bonds is 6. The maximum absolute atomic E-state index is 11.4. The lowest BCUT2D eigenvalue weighted by molar-refractivity contribution is -0.119. The van der Waals surface area contributed by atoms with Gasteiger partial charge in [0.2, 0.25) is 5.91 Å². The Kier molecular flexibility index (Phi) is 5.85. The average Bonchev–Trinajstić information content (AvgIpc) is 2.35. The number of pyridine rings is 1. The summed E-state index contributed by atoms with van der Waals surface area (Å²) >= 11 is 0. The highest BCUT2D eigenvalue weighted by atomic mass is 16.1. The fourth-order valence-electron chi connectivity index (χ4n) is 1.78. The summed E-state index contributed by atoms with van der Waals surface area (Å²) in [5.74, 6) is -0.617. The number of amides is 1. The zero-order chi connectivity index (χ0) is 13.4. The molecule has 0 aliphatic heterocycles. The molecule has 0 aliphatic rings. The van der Waals surface area contributed by atoms with Gasteiger partial charge in [-0.25, -0.2) is 0 Å². The van der Waals surface area contributed by atoms with Crippen molar-refractivity contribution >= 4 is 5.91 Å². The minimum atomic E-state index is -0.315. The van der Waals surface area contributed by atoms with Gasteiger partial charge in [-0.1, -0.05) is 36.8 Å². The molecule has 1 heterocycles. The Morgan fingerprint density at radius 2 is 2.33 bits per heavy atom. The number of hydrogen-bond donors (Lipinski definition) is 1. The van der Waals surface area contributed by atoms with Crippen molar-refractivity contribution in [3.63, 3.8) is 0 Å². The number of hydrogen-bond acceptors (Lipinski definition) is 2. The van der Waals surface area contributed by atoms with E-state index < -0.39 is 0 Å². The highest BCUT2D eigenvalue weighted by Crippen LogP contribution is 2.19. The number of carbonyl (C=O) groups is 1. The second-order valence-corrected chi connectivity index (χ2v) is 4.24. The fraction of sp³-hybridized carbons (Fsp3) is 0.333. The highest BCUT2D eigenvalue weighted by molar-refractivity contribution is 5.82. The van der Waals surface area contributed by atoms with E-state index in [0.29, 0.717) is 6.42 Å². The molecule has 1 aromatic heterocycles. The van der Waals surface area contributed by atoms with Gasteiger partial charge in [-0.15, -0.1) is 0 Å². The normalized spacial score (nSPS) is 13.8. The van der Waals surface area contributed by atoms with Gasteiger partial charge in [0.1, 0.15) is 0 Å². The molecule has 1 amide bonds. The molecule has 3 nitrogen and oxygen atoms in total. The van der Waals surface area contributed by atoms with Crippen molar-refractivity contribution in [1.29, 1.82) is 0 Å². The first-order chi connectivity index (χ1) is 8.65. The highest BCUT2D eigenvalue weighted by Gasteiger charge is 2.15. The van der Waals surface area contributed by atoms with Crippen LogP contribution in [0.5, 0.6) is 0 Å². The summed E-state index contributed by atoms with van der Waals surface area (Å²) in [5.41, 5.74) is 7.50. The predicted octanol–water partition coefficient (Wildman–Crippen LogP) is 2.95. The summed E-state index contributed by atoms with van der Waals surface area (Å²) in [6.07, 6.45) is 11.1. The van der Waals surface area contributed by atoms with E-state index in [4.69, 9.17) is 5.73 Å². The molecule has 1 atom stereocenters. The van der Waals surface area contributed by atoms with Crippen LogP contribution in [0.4, 0.5) is 0 Å². The number of aromatic nitrogens is 1. The molecule has 0 radical (unpaired) electrons. The Morgan fingerprint density at radius 1 is 1.56 bits per heavy atom. The molecule has 3 heteroatoms. The first-order valence-electron chi connectivity index (χ1n) is 6.17. The maximum Gasteiger partial charge on any atom is 0.225 e. The van der Waals surface area contributed by atoms with Crippen molar-refractivity contribution in [3.8, 4) is 0 Å². The van der Waals surface area contributed by atoms with Crippen LogP contribution in [-0.4, -0.2) is 10.9 Å². The standard InChI is InChI=1S/C15H20N2O/c1-3-6-12(2)7-4-9-14(15(16)18)13-8-5-10-17-11-13/h4-8,10-11,14H,3,9H2,1-2H3,(H2,16,18)/b7-4+,12-6+. The Labute approximate surface area is 108 Å². The third kappa shape index (κ3) is 4.53. The molecular weight excluding hydrogens is 224 g/mol. The summed E-state index contributed by atoms with van der Waals surface area (Å²) in [6, 6.07) is 3.70. The molecule has 0 saturated carbocycles. The summed E-state index contributed by atoms with van der Waals surface area (Å²) in [5, 5.41) is 0. The van der Waals surface area contributed by atoms with Crippen LogP contribution in [0.2, 0.25) is 0 Å². The molecule has 1 rings (SSSR count).